The Morgan fingerprint density at radius 1 is 1.12 bits per heavy atom. The highest BCUT2D eigenvalue weighted by Crippen LogP contribution is 2.39. The van der Waals surface area contributed by atoms with E-state index in [1.54, 1.807) is 30.3 Å². The highest BCUT2D eigenvalue weighted by molar-refractivity contribution is 7.92. The van der Waals surface area contributed by atoms with Crippen LogP contribution in [-0.4, -0.2) is 27.0 Å². The molecule has 3 aromatic carbocycles. The number of ether oxygens (including phenoxy) is 1. The molecule has 1 aliphatic heterocycles. The lowest BCUT2D eigenvalue weighted by molar-refractivity contribution is -0.128. The summed E-state index contributed by atoms with van der Waals surface area (Å²) < 4.78 is 34.0. The Labute approximate surface area is 199 Å². The van der Waals surface area contributed by atoms with E-state index in [1.807, 2.05) is 31.2 Å². The maximum Gasteiger partial charge on any atom is 0.264 e. The lowest BCUT2D eigenvalue weighted by Gasteiger charge is -2.35. The smallest absolute Gasteiger partial charge is 0.264 e. The van der Waals surface area contributed by atoms with E-state index >= 15 is 0 Å². The van der Waals surface area contributed by atoms with Gasteiger partial charge in [0.05, 0.1) is 23.2 Å². The Morgan fingerprint density at radius 2 is 1.82 bits per heavy atom. The van der Waals surface area contributed by atoms with Gasteiger partial charge < -0.3 is 10.1 Å². The summed E-state index contributed by atoms with van der Waals surface area (Å²) in [6, 6.07) is 20.6. The molecule has 3 aromatic rings. The largest absolute Gasteiger partial charge is 0.476 e. The highest BCUT2D eigenvalue weighted by Gasteiger charge is 2.38. The first-order valence-electron chi connectivity index (χ1n) is 10.7. The van der Waals surface area contributed by atoms with Gasteiger partial charge in [0.15, 0.2) is 6.10 Å². The van der Waals surface area contributed by atoms with Crippen molar-refractivity contribution in [2.45, 2.75) is 37.3 Å². The number of nitrogens with zero attached hydrogens (tertiary/aromatic N) is 1. The van der Waals surface area contributed by atoms with Crippen LogP contribution in [0.5, 0.6) is 5.75 Å². The first kappa shape index (κ1) is 23.1. The number of nitrogens with one attached hydrogen (secondary N) is 1. The van der Waals surface area contributed by atoms with E-state index in [-0.39, 0.29) is 23.2 Å². The van der Waals surface area contributed by atoms with Gasteiger partial charge in [-0.1, -0.05) is 61.0 Å². The van der Waals surface area contributed by atoms with Crippen LogP contribution in [0.1, 0.15) is 31.0 Å². The average Bonchev–Trinajstić information content (AvgIpc) is 2.83. The standard InChI is InChI=1S/C25H25ClN2O4S/c1-3-18-9-11-19(12-10-18)17(2)27-25(29)24-16-28(22-15-20(26)13-14-23(22)32-24)33(30,31)21-7-5-4-6-8-21/h4-15,17,24H,3,16H2,1-2H3,(H,27,29). The number of carbonyl (C=O) groups is 1. The van der Waals surface area contributed by atoms with E-state index in [1.165, 1.54) is 28.1 Å². The zero-order chi connectivity index (χ0) is 23.6. The normalized spacial score (nSPS) is 16.5. The van der Waals surface area contributed by atoms with Crippen molar-refractivity contribution in [3.8, 4) is 5.75 Å². The van der Waals surface area contributed by atoms with E-state index < -0.39 is 22.0 Å². The summed E-state index contributed by atoms with van der Waals surface area (Å²) in [5.41, 5.74) is 2.47. The summed E-state index contributed by atoms with van der Waals surface area (Å²) in [5, 5.41) is 3.32. The minimum atomic E-state index is -3.93. The Bertz CT molecular complexity index is 1250. The molecule has 0 aliphatic carbocycles. The lowest BCUT2D eigenvalue weighted by atomic mass is 10.0. The molecule has 0 bridgehead atoms. The SMILES string of the molecule is CCc1ccc(C(C)NC(=O)C2CN(S(=O)(=O)c3ccccc3)c3cc(Cl)ccc3O2)cc1. The predicted octanol–water partition coefficient (Wildman–Crippen LogP) is 4.74. The molecule has 0 fully saturated rings. The second-order valence-corrected chi connectivity index (χ2v) is 10.2. The third kappa shape index (κ3) is 4.84. The van der Waals surface area contributed by atoms with Gasteiger partial charge in [-0.3, -0.25) is 9.10 Å². The third-order valence-corrected chi connectivity index (χ3v) is 7.69. The van der Waals surface area contributed by atoms with Crippen LogP contribution in [0.4, 0.5) is 5.69 Å². The number of halogens is 1. The quantitative estimate of drug-likeness (QED) is 0.548. The van der Waals surface area contributed by atoms with Crippen molar-refractivity contribution in [3.05, 3.63) is 88.9 Å². The molecule has 0 saturated carbocycles. The van der Waals surface area contributed by atoms with Crippen LogP contribution >= 0.6 is 11.6 Å². The molecule has 1 aliphatic rings. The second kappa shape index (κ2) is 9.45. The third-order valence-electron chi connectivity index (χ3n) is 5.66. The number of amides is 1. The van der Waals surface area contributed by atoms with E-state index in [0.717, 1.165) is 12.0 Å². The summed E-state index contributed by atoms with van der Waals surface area (Å²) in [6.07, 6.45) is -0.0824. The minimum Gasteiger partial charge on any atom is -0.476 e. The average molecular weight is 485 g/mol. The fourth-order valence-electron chi connectivity index (χ4n) is 3.74. The van der Waals surface area contributed by atoms with Gasteiger partial charge in [0.25, 0.3) is 15.9 Å². The Morgan fingerprint density at radius 3 is 2.48 bits per heavy atom. The van der Waals surface area contributed by atoms with Crippen molar-refractivity contribution in [2.75, 3.05) is 10.8 Å². The Balaban J connectivity index is 1.61. The number of hydrogen-bond acceptors (Lipinski definition) is 4. The predicted molar refractivity (Wildman–Crippen MR) is 129 cm³/mol. The van der Waals surface area contributed by atoms with Crippen LogP contribution in [-0.2, 0) is 21.2 Å². The first-order chi connectivity index (χ1) is 15.8. The molecule has 4 rings (SSSR count). The summed E-state index contributed by atoms with van der Waals surface area (Å²) in [5.74, 6) is -0.110. The van der Waals surface area contributed by atoms with Crippen molar-refractivity contribution < 1.29 is 17.9 Å². The molecule has 0 aromatic heterocycles. The van der Waals surface area contributed by atoms with E-state index in [9.17, 15) is 13.2 Å². The van der Waals surface area contributed by atoms with Crippen molar-refractivity contribution in [3.63, 3.8) is 0 Å². The van der Waals surface area contributed by atoms with Crippen LogP contribution < -0.4 is 14.4 Å². The molecule has 8 heteroatoms. The zero-order valence-corrected chi connectivity index (χ0v) is 19.9. The maximum absolute atomic E-state index is 13.4. The molecule has 6 nitrogen and oxygen atoms in total. The van der Waals surface area contributed by atoms with Gasteiger partial charge in [0.1, 0.15) is 5.75 Å². The number of rotatable bonds is 6. The molecule has 1 amide bonds. The number of hydrogen-bond donors (Lipinski definition) is 1. The monoisotopic (exact) mass is 484 g/mol. The van der Waals surface area contributed by atoms with E-state index in [2.05, 4.69) is 12.2 Å². The van der Waals surface area contributed by atoms with Crippen LogP contribution in [0.25, 0.3) is 0 Å². The number of fused-ring (bicyclic) bond motifs is 1. The molecule has 33 heavy (non-hydrogen) atoms. The number of anilines is 1. The molecule has 0 spiro atoms. The molecule has 0 saturated heterocycles. The van der Waals surface area contributed by atoms with Gasteiger partial charge in [-0.05, 0) is 54.8 Å². The Hall–Kier alpha value is -3.03. The Kier molecular flexibility index (Phi) is 6.63. The van der Waals surface area contributed by atoms with Gasteiger partial charge in [0, 0.05) is 5.02 Å². The second-order valence-electron chi connectivity index (χ2n) is 7.89. The van der Waals surface area contributed by atoms with Crippen molar-refractivity contribution in [1.29, 1.82) is 0 Å². The summed E-state index contributed by atoms with van der Waals surface area (Å²) in [6.45, 7) is 3.80. The van der Waals surface area contributed by atoms with Gasteiger partial charge in [-0.2, -0.15) is 0 Å². The van der Waals surface area contributed by atoms with Crippen LogP contribution in [0.2, 0.25) is 5.02 Å². The topological polar surface area (TPSA) is 75.7 Å². The highest BCUT2D eigenvalue weighted by atomic mass is 35.5. The molecule has 172 valence electrons. The van der Waals surface area contributed by atoms with Gasteiger partial charge >= 0.3 is 0 Å². The number of benzene rings is 3. The van der Waals surface area contributed by atoms with Crippen molar-refractivity contribution in [2.24, 2.45) is 0 Å². The van der Waals surface area contributed by atoms with Crippen LogP contribution in [0.3, 0.4) is 0 Å². The molecule has 0 radical (unpaired) electrons. The van der Waals surface area contributed by atoms with Crippen LogP contribution in [0.15, 0.2) is 77.7 Å². The minimum absolute atomic E-state index is 0.126. The van der Waals surface area contributed by atoms with Gasteiger partial charge in [0.2, 0.25) is 0 Å². The molecule has 2 atom stereocenters. The number of aryl methyl sites for hydroxylation is 1. The van der Waals surface area contributed by atoms with E-state index in [4.69, 9.17) is 16.3 Å². The fourth-order valence-corrected chi connectivity index (χ4v) is 5.40. The lowest BCUT2D eigenvalue weighted by Crippen LogP contribution is -2.51. The molecular weight excluding hydrogens is 460 g/mol. The van der Waals surface area contributed by atoms with Crippen molar-refractivity contribution in [1.82, 2.24) is 5.32 Å². The first-order valence-corrected chi connectivity index (χ1v) is 12.5. The van der Waals surface area contributed by atoms with E-state index in [0.29, 0.717) is 10.7 Å². The van der Waals surface area contributed by atoms with Gasteiger partial charge in [-0.25, -0.2) is 8.42 Å². The number of sulfonamides is 1. The maximum atomic E-state index is 13.4. The molecule has 1 N–H and O–H groups in total. The zero-order valence-electron chi connectivity index (χ0n) is 18.4. The summed E-state index contributed by atoms with van der Waals surface area (Å²) in [4.78, 5) is 13.2. The molecular formula is C25H25ClN2O4S. The summed E-state index contributed by atoms with van der Waals surface area (Å²) >= 11 is 6.14. The summed E-state index contributed by atoms with van der Waals surface area (Å²) in [7, 11) is -3.93. The van der Waals surface area contributed by atoms with Crippen molar-refractivity contribution >= 4 is 33.2 Å². The molecule has 1 heterocycles. The van der Waals surface area contributed by atoms with Crippen LogP contribution in [0, 0.1) is 0 Å². The number of carbonyl (C=O) groups excluding carboxylic acids is 1. The fraction of sp³-hybridized carbons (Fsp3) is 0.240. The van der Waals surface area contributed by atoms with Gasteiger partial charge in [-0.15, -0.1) is 0 Å². The molecule has 2 unspecified atom stereocenters.